The van der Waals surface area contributed by atoms with Gasteiger partial charge >= 0.3 is 0 Å². The summed E-state index contributed by atoms with van der Waals surface area (Å²) in [6.45, 7) is 5.48. The molecule has 1 heterocycles. The maximum atomic E-state index is 2.26. The lowest BCUT2D eigenvalue weighted by Gasteiger charge is -2.18. The van der Waals surface area contributed by atoms with E-state index in [0.717, 1.165) is 13.0 Å². The average molecular weight is 110 g/mol. The van der Waals surface area contributed by atoms with Gasteiger partial charge in [0.05, 0.1) is 0 Å². The van der Waals surface area contributed by atoms with Crippen molar-refractivity contribution in [3.63, 3.8) is 0 Å². The van der Waals surface area contributed by atoms with E-state index >= 15 is 0 Å². The van der Waals surface area contributed by atoms with Crippen molar-refractivity contribution in [2.24, 2.45) is 0 Å². The molecular weight excluding hydrogens is 98.1 g/mol. The summed E-state index contributed by atoms with van der Waals surface area (Å²) in [6.07, 6.45) is 3.40. The van der Waals surface area contributed by atoms with E-state index in [4.69, 9.17) is 0 Å². The normalized spacial score (nSPS) is 23.0. The van der Waals surface area contributed by atoms with Crippen LogP contribution in [0, 0.1) is 6.54 Å². The lowest BCUT2D eigenvalue weighted by atomic mass is 10.1. The summed E-state index contributed by atoms with van der Waals surface area (Å²) >= 11 is 0. The first-order valence-corrected chi connectivity index (χ1v) is 2.98. The molecule has 0 unspecified atom stereocenters. The van der Waals surface area contributed by atoms with Crippen LogP contribution in [0.25, 0.3) is 0 Å². The number of hydrogen-bond acceptors (Lipinski definition) is 1. The van der Waals surface area contributed by atoms with E-state index in [1.807, 2.05) is 0 Å². The Bertz CT molecular complexity index is 105. The van der Waals surface area contributed by atoms with Gasteiger partial charge in [-0.1, -0.05) is 11.6 Å². The first kappa shape index (κ1) is 5.83. The Kier molecular flexibility index (Phi) is 1.69. The van der Waals surface area contributed by atoms with Gasteiger partial charge in [-0.05, 0) is 20.4 Å². The molecule has 0 atom stereocenters. The molecule has 1 nitrogen and oxygen atoms in total. The summed E-state index contributed by atoms with van der Waals surface area (Å²) in [4.78, 5) is 2.20. The molecule has 0 fully saturated rings. The summed E-state index contributed by atoms with van der Waals surface area (Å²) in [7, 11) is 2.10. The van der Waals surface area contributed by atoms with Gasteiger partial charge in [0.1, 0.15) is 0 Å². The van der Waals surface area contributed by atoms with Crippen LogP contribution in [0.5, 0.6) is 0 Å². The Labute approximate surface area is 51.0 Å². The van der Waals surface area contributed by atoms with Crippen LogP contribution in [-0.2, 0) is 0 Å². The molecular formula is C7H12N. The van der Waals surface area contributed by atoms with Crippen LogP contribution in [0.15, 0.2) is 11.6 Å². The SMILES string of the molecule is CC1=CCN(C)[CH]C1. The molecule has 0 aromatic carbocycles. The standard InChI is InChI=1S/C7H12N/c1-7-3-5-8(2)6-4-7/h3,6H,4-5H2,1-2H3. The Balaban J connectivity index is 2.42. The number of rotatable bonds is 0. The maximum absolute atomic E-state index is 2.26. The van der Waals surface area contributed by atoms with Gasteiger partial charge in [-0.2, -0.15) is 0 Å². The van der Waals surface area contributed by atoms with Crippen LogP contribution in [0.1, 0.15) is 13.3 Å². The van der Waals surface area contributed by atoms with Gasteiger partial charge in [0.2, 0.25) is 0 Å². The number of hydrogen-bond donors (Lipinski definition) is 0. The van der Waals surface area contributed by atoms with Crippen molar-refractivity contribution in [3.05, 3.63) is 18.2 Å². The fourth-order valence-corrected chi connectivity index (χ4v) is 0.758. The van der Waals surface area contributed by atoms with Gasteiger partial charge in [-0.15, -0.1) is 0 Å². The summed E-state index contributed by atoms with van der Waals surface area (Å²) in [5, 5.41) is 0. The van der Waals surface area contributed by atoms with Gasteiger partial charge in [-0.25, -0.2) is 0 Å². The molecule has 1 radical (unpaired) electrons. The van der Waals surface area contributed by atoms with Gasteiger partial charge < -0.3 is 0 Å². The molecule has 0 saturated heterocycles. The second-order valence-electron chi connectivity index (χ2n) is 2.38. The molecule has 1 aliphatic heterocycles. The lowest BCUT2D eigenvalue weighted by Crippen LogP contribution is -2.18. The smallest absolute Gasteiger partial charge is 0.0291 e. The van der Waals surface area contributed by atoms with E-state index in [1.165, 1.54) is 5.57 Å². The molecule has 0 amide bonds. The van der Waals surface area contributed by atoms with E-state index < -0.39 is 0 Å². The Morgan fingerprint density at radius 2 is 2.38 bits per heavy atom. The highest BCUT2D eigenvalue weighted by Crippen LogP contribution is 2.10. The number of likely N-dealkylation sites (N-methyl/N-ethyl adjacent to an activating group) is 1. The minimum Gasteiger partial charge on any atom is -0.298 e. The zero-order valence-corrected chi connectivity index (χ0v) is 5.52. The molecule has 0 aliphatic carbocycles. The third-order valence-electron chi connectivity index (χ3n) is 1.45. The van der Waals surface area contributed by atoms with Crippen LogP contribution >= 0.6 is 0 Å². The Hall–Kier alpha value is -0.300. The first-order chi connectivity index (χ1) is 3.79. The minimum atomic E-state index is 1.09. The van der Waals surface area contributed by atoms with Crippen molar-refractivity contribution >= 4 is 0 Å². The zero-order chi connectivity index (χ0) is 5.98. The topological polar surface area (TPSA) is 3.24 Å². The third-order valence-corrected chi connectivity index (χ3v) is 1.45. The monoisotopic (exact) mass is 110 g/mol. The Morgan fingerprint density at radius 3 is 2.75 bits per heavy atom. The van der Waals surface area contributed by atoms with Gasteiger partial charge in [0, 0.05) is 13.1 Å². The highest BCUT2D eigenvalue weighted by atomic mass is 15.1. The average Bonchev–Trinajstić information content (AvgIpc) is 1.77. The van der Waals surface area contributed by atoms with Crippen LogP contribution in [0.2, 0.25) is 0 Å². The Morgan fingerprint density at radius 1 is 1.62 bits per heavy atom. The van der Waals surface area contributed by atoms with E-state index in [1.54, 1.807) is 0 Å². The summed E-state index contributed by atoms with van der Waals surface area (Å²) in [6, 6.07) is 0. The van der Waals surface area contributed by atoms with Crippen molar-refractivity contribution in [2.45, 2.75) is 13.3 Å². The second kappa shape index (κ2) is 2.31. The minimum absolute atomic E-state index is 1.09. The molecule has 1 rings (SSSR count). The highest BCUT2D eigenvalue weighted by Gasteiger charge is 2.02. The van der Waals surface area contributed by atoms with Gasteiger partial charge in [0.25, 0.3) is 0 Å². The molecule has 8 heavy (non-hydrogen) atoms. The quantitative estimate of drug-likeness (QED) is 0.426. The van der Waals surface area contributed by atoms with Crippen LogP contribution in [-0.4, -0.2) is 18.5 Å². The van der Waals surface area contributed by atoms with E-state index in [0.29, 0.717) is 0 Å². The van der Waals surface area contributed by atoms with Crippen molar-refractivity contribution in [1.82, 2.24) is 4.90 Å². The fraction of sp³-hybridized carbons (Fsp3) is 0.571. The van der Waals surface area contributed by atoms with Gasteiger partial charge in [0.15, 0.2) is 0 Å². The molecule has 0 bridgehead atoms. The molecule has 0 aromatic heterocycles. The zero-order valence-electron chi connectivity index (χ0n) is 5.52. The molecule has 0 spiro atoms. The van der Waals surface area contributed by atoms with Crippen LogP contribution < -0.4 is 0 Å². The van der Waals surface area contributed by atoms with E-state index in [-0.39, 0.29) is 0 Å². The van der Waals surface area contributed by atoms with Crippen LogP contribution in [0.4, 0.5) is 0 Å². The van der Waals surface area contributed by atoms with Crippen molar-refractivity contribution in [3.8, 4) is 0 Å². The summed E-state index contributed by atoms with van der Waals surface area (Å²) < 4.78 is 0. The second-order valence-corrected chi connectivity index (χ2v) is 2.38. The van der Waals surface area contributed by atoms with Crippen molar-refractivity contribution < 1.29 is 0 Å². The van der Waals surface area contributed by atoms with Crippen molar-refractivity contribution in [1.29, 1.82) is 0 Å². The number of nitrogens with zero attached hydrogens (tertiary/aromatic N) is 1. The predicted molar refractivity (Wildman–Crippen MR) is 35.3 cm³/mol. The maximum Gasteiger partial charge on any atom is 0.0291 e. The van der Waals surface area contributed by atoms with Crippen molar-refractivity contribution in [2.75, 3.05) is 13.6 Å². The van der Waals surface area contributed by atoms with E-state index in [9.17, 15) is 0 Å². The highest BCUT2D eigenvalue weighted by molar-refractivity contribution is 5.06. The van der Waals surface area contributed by atoms with Crippen LogP contribution in [0.3, 0.4) is 0 Å². The summed E-state index contributed by atoms with van der Waals surface area (Å²) in [5.41, 5.74) is 1.49. The van der Waals surface area contributed by atoms with Gasteiger partial charge in [-0.3, -0.25) is 4.90 Å². The molecule has 0 saturated carbocycles. The largest absolute Gasteiger partial charge is 0.298 e. The summed E-state index contributed by atoms with van der Waals surface area (Å²) in [5.74, 6) is 0. The predicted octanol–water partition coefficient (Wildman–Crippen LogP) is 1.43. The molecule has 1 heteroatoms. The lowest BCUT2D eigenvalue weighted by molar-refractivity contribution is 0.427. The molecule has 1 aliphatic rings. The fourth-order valence-electron chi connectivity index (χ4n) is 0.758. The molecule has 45 valence electrons. The molecule has 0 N–H and O–H groups in total. The molecule has 0 aromatic rings. The first-order valence-electron chi connectivity index (χ1n) is 2.98. The third kappa shape index (κ3) is 1.34. The van der Waals surface area contributed by atoms with E-state index in [2.05, 4.69) is 31.5 Å².